The van der Waals surface area contributed by atoms with Gasteiger partial charge in [0.15, 0.2) is 5.60 Å². The highest BCUT2D eigenvalue weighted by molar-refractivity contribution is 7.48. The molecular weight excluding hydrogens is 317 g/mol. The van der Waals surface area contributed by atoms with Crippen LogP contribution in [0.15, 0.2) is 0 Å². The summed E-state index contributed by atoms with van der Waals surface area (Å²) in [5, 5.41) is 9.46. The van der Waals surface area contributed by atoms with Crippen LogP contribution in [-0.2, 0) is 22.9 Å². The van der Waals surface area contributed by atoms with Crippen molar-refractivity contribution in [3.63, 3.8) is 0 Å². The van der Waals surface area contributed by atoms with Crippen molar-refractivity contribution < 1.29 is 22.9 Å². The smallest absolute Gasteiger partial charge is 0.357 e. The molecule has 0 bridgehead atoms. The number of rotatable bonds is 10. The lowest BCUT2D eigenvalue weighted by atomic mass is 9.88. The van der Waals surface area contributed by atoms with Gasteiger partial charge in [0.1, 0.15) is 0 Å². The summed E-state index contributed by atoms with van der Waals surface area (Å²) in [6, 6.07) is 2.34. The zero-order chi connectivity index (χ0) is 17.3. The van der Waals surface area contributed by atoms with Crippen molar-refractivity contribution in [1.82, 2.24) is 0 Å². The first-order valence-electron chi connectivity index (χ1n) is 8.55. The van der Waals surface area contributed by atoms with Gasteiger partial charge in [-0.2, -0.15) is 5.26 Å². The number of ether oxygens (including phenoxy) is 1. The summed E-state index contributed by atoms with van der Waals surface area (Å²) in [6.07, 6.45) is 4.77. The predicted molar refractivity (Wildman–Crippen MR) is 88.0 cm³/mol. The monoisotopic (exact) mass is 347 g/mol. The number of nitrogens with zero attached hydrogens (tertiary/aromatic N) is 1. The topological polar surface area (TPSA) is 77.8 Å². The van der Waals surface area contributed by atoms with Gasteiger partial charge in [0.25, 0.3) is 0 Å². The Morgan fingerprint density at radius 3 is 2.57 bits per heavy atom. The number of phosphoric ester groups is 1. The molecule has 0 aliphatic carbocycles. The molecule has 1 aliphatic heterocycles. The van der Waals surface area contributed by atoms with E-state index in [9.17, 15) is 9.83 Å². The van der Waals surface area contributed by atoms with Gasteiger partial charge in [0, 0.05) is 0 Å². The first-order chi connectivity index (χ1) is 10.9. The Morgan fingerprint density at radius 2 is 2.04 bits per heavy atom. The van der Waals surface area contributed by atoms with Gasteiger partial charge in [0.05, 0.1) is 31.5 Å². The average Bonchev–Trinajstić information content (AvgIpc) is 2.47. The van der Waals surface area contributed by atoms with Crippen LogP contribution in [0.2, 0.25) is 0 Å². The number of hydrogen-bond donors (Lipinski definition) is 0. The van der Waals surface area contributed by atoms with E-state index in [2.05, 4.69) is 6.07 Å². The molecule has 6 nitrogen and oxygen atoms in total. The molecule has 0 aromatic rings. The number of nitriles is 1. The lowest BCUT2D eigenvalue weighted by Crippen LogP contribution is -2.38. The van der Waals surface area contributed by atoms with Gasteiger partial charge < -0.3 is 4.74 Å². The third kappa shape index (κ3) is 6.91. The van der Waals surface area contributed by atoms with E-state index in [0.717, 1.165) is 25.7 Å². The zero-order valence-electron chi connectivity index (χ0n) is 14.7. The summed E-state index contributed by atoms with van der Waals surface area (Å²) in [4.78, 5) is 0. The van der Waals surface area contributed by atoms with Crippen LogP contribution in [-0.4, -0.2) is 31.0 Å². The Kier molecular flexibility index (Phi) is 8.74. The van der Waals surface area contributed by atoms with E-state index >= 15 is 0 Å². The largest absolute Gasteiger partial charge is 0.475 e. The lowest BCUT2D eigenvalue weighted by Gasteiger charge is -2.35. The second-order valence-corrected chi connectivity index (χ2v) is 7.64. The van der Waals surface area contributed by atoms with Gasteiger partial charge >= 0.3 is 7.82 Å². The first-order valence-corrected chi connectivity index (χ1v) is 10.0. The van der Waals surface area contributed by atoms with Gasteiger partial charge in [-0.15, -0.1) is 0 Å². The summed E-state index contributed by atoms with van der Waals surface area (Å²) in [5.41, 5.74) is -0.680. The molecule has 1 aliphatic rings. The van der Waals surface area contributed by atoms with Crippen LogP contribution < -0.4 is 0 Å². The fraction of sp³-hybridized carbons (Fsp3) is 0.938. The maximum atomic E-state index is 12.3. The minimum atomic E-state index is -3.48. The van der Waals surface area contributed by atoms with Crippen LogP contribution >= 0.6 is 7.82 Å². The molecule has 1 rings (SSSR count). The van der Waals surface area contributed by atoms with Gasteiger partial charge in [-0.3, -0.25) is 13.6 Å². The number of hydrogen-bond acceptors (Lipinski definition) is 6. The fourth-order valence-corrected chi connectivity index (χ4v) is 4.24. The van der Waals surface area contributed by atoms with Gasteiger partial charge in [-0.05, 0) is 66.2 Å². The van der Waals surface area contributed by atoms with Crippen LogP contribution in [0.4, 0.5) is 0 Å². The number of phosphoric acid groups is 1. The van der Waals surface area contributed by atoms with Crippen LogP contribution in [0, 0.1) is 11.3 Å². The average molecular weight is 347 g/mol. The van der Waals surface area contributed by atoms with E-state index in [4.69, 9.17) is 18.3 Å². The SMILES string of the molecule is CCOP(=O)(OCC)O[C@@H](C)CCC[C@]1(C#N)CCC[C@H](C)O1. The van der Waals surface area contributed by atoms with E-state index in [1.165, 1.54) is 0 Å². The summed E-state index contributed by atoms with van der Waals surface area (Å²) in [5.74, 6) is 0. The van der Waals surface area contributed by atoms with Crippen molar-refractivity contribution >= 4 is 7.82 Å². The lowest BCUT2D eigenvalue weighted by molar-refractivity contribution is -0.0914. The van der Waals surface area contributed by atoms with Gasteiger partial charge in [-0.1, -0.05) is 0 Å². The van der Waals surface area contributed by atoms with Crippen LogP contribution in [0.25, 0.3) is 0 Å². The highest BCUT2D eigenvalue weighted by Crippen LogP contribution is 2.50. The molecular formula is C16H30NO5P. The van der Waals surface area contributed by atoms with Gasteiger partial charge in [0.2, 0.25) is 0 Å². The summed E-state index contributed by atoms with van der Waals surface area (Å²) in [6.45, 7) is 7.89. The highest BCUT2D eigenvalue weighted by atomic mass is 31.2. The molecule has 0 radical (unpaired) electrons. The van der Waals surface area contributed by atoms with Crippen molar-refractivity contribution in [2.75, 3.05) is 13.2 Å². The van der Waals surface area contributed by atoms with E-state index in [1.807, 2.05) is 13.8 Å². The van der Waals surface area contributed by atoms with Gasteiger partial charge in [-0.25, -0.2) is 4.57 Å². The van der Waals surface area contributed by atoms with Crippen molar-refractivity contribution in [3.05, 3.63) is 0 Å². The molecule has 0 aromatic carbocycles. The molecule has 23 heavy (non-hydrogen) atoms. The van der Waals surface area contributed by atoms with Crippen molar-refractivity contribution in [2.45, 2.75) is 84.0 Å². The standard InChI is InChI=1S/C16H30NO5P/c1-5-19-23(18,20-6-2)22-15(4)10-8-12-16(13-17)11-7-9-14(3)21-16/h14-15H,5-12H2,1-4H3/t14-,15-,16-/m0/s1. The minimum absolute atomic E-state index is 0.133. The molecule has 1 heterocycles. The highest BCUT2D eigenvalue weighted by Gasteiger charge is 2.36. The summed E-state index contributed by atoms with van der Waals surface area (Å²) in [7, 11) is -3.48. The molecule has 134 valence electrons. The summed E-state index contributed by atoms with van der Waals surface area (Å²) >= 11 is 0. The Labute approximate surface area is 140 Å². The normalized spacial score (nSPS) is 26.7. The van der Waals surface area contributed by atoms with Crippen LogP contribution in [0.3, 0.4) is 0 Å². The predicted octanol–water partition coefficient (Wildman–Crippen LogP) is 4.59. The molecule has 3 atom stereocenters. The van der Waals surface area contributed by atoms with Crippen molar-refractivity contribution in [1.29, 1.82) is 5.26 Å². The Hall–Kier alpha value is -0.440. The summed E-state index contributed by atoms with van der Waals surface area (Å²) < 4.78 is 33.9. The molecule has 0 N–H and O–H groups in total. The van der Waals surface area contributed by atoms with Crippen LogP contribution in [0.1, 0.15) is 66.2 Å². The molecule has 1 fully saturated rings. The molecule has 0 amide bonds. The third-order valence-corrected chi connectivity index (χ3v) is 5.66. The van der Waals surface area contributed by atoms with E-state index in [1.54, 1.807) is 13.8 Å². The van der Waals surface area contributed by atoms with Crippen molar-refractivity contribution in [3.8, 4) is 6.07 Å². The molecule has 1 saturated heterocycles. The van der Waals surface area contributed by atoms with Crippen LogP contribution in [0.5, 0.6) is 0 Å². The zero-order valence-corrected chi connectivity index (χ0v) is 15.6. The van der Waals surface area contributed by atoms with E-state index in [-0.39, 0.29) is 25.4 Å². The molecule has 0 saturated carbocycles. The van der Waals surface area contributed by atoms with E-state index in [0.29, 0.717) is 12.8 Å². The minimum Gasteiger partial charge on any atom is -0.357 e. The second kappa shape index (κ2) is 9.76. The Balaban J connectivity index is 2.44. The van der Waals surface area contributed by atoms with E-state index < -0.39 is 13.4 Å². The molecule has 0 aromatic heterocycles. The molecule has 0 spiro atoms. The maximum absolute atomic E-state index is 12.3. The maximum Gasteiger partial charge on any atom is 0.475 e. The first kappa shape index (κ1) is 20.6. The van der Waals surface area contributed by atoms with Crippen molar-refractivity contribution in [2.24, 2.45) is 0 Å². The molecule has 7 heteroatoms. The fourth-order valence-electron chi connectivity index (χ4n) is 2.86. The third-order valence-electron chi connectivity index (χ3n) is 3.90. The second-order valence-electron chi connectivity index (χ2n) is 6.02. The quantitative estimate of drug-likeness (QED) is 0.538. The Bertz CT molecular complexity index is 429. The molecule has 0 unspecified atom stereocenters. The Morgan fingerprint density at radius 1 is 1.39 bits per heavy atom.